The molecule has 3 heteroatoms. The van der Waals surface area contributed by atoms with Gasteiger partial charge in [-0.2, -0.15) is 0 Å². The molecule has 349 valence electrons. The summed E-state index contributed by atoms with van der Waals surface area (Å²) in [5.74, 6) is 0.334. The van der Waals surface area contributed by atoms with Crippen molar-refractivity contribution in [2.75, 3.05) is 5.32 Å². The standard InChI is InChI=1S/C68H64BN2/c1-37-40-17-13-14-18-41(40)46-33-60-51(29-45(37)46)44-26-25-43(62-63(44)71(60)61-36-55-49(32-58(61)69-62)42-19-15-16-20-52(42)67(55,9)10)50-30-47-48-31-56-57(66(7,8)28-27-65(56,5)6)34-53(48)68(11,12)54(47)35-59(50)70-39-23-21-38(22-24-39)64(2,3)4/h13-26,29-37,70H,27-28H2,1-12H3. The summed E-state index contributed by atoms with van der Waals surface area (Å²) in [6, 6.07) is 52.7. The quantitative estimate of drug-likeness (QED) is 0.175. The third-order valence-corrected chi connectivity index (χ3v) is 18.7. The minimum atomic E-state index is -0.182. The Labute approximate surface area is 421 Å². The number of benzene rings is 8. The van der Waals surface area contributed by atoms with E-state index in [1.165, 1.54) is 146 Å². The van der Waals surface area contributed by atoms with Crippen molar-refractivity contribution in [1.82, 2.24) is 4.57 Å². The molecule has 1 unspecified atom stereocenters. The van der Waals surface area contributed by atoms with Crippen molar-refractivity contribution >= 4 is 51.4 Å². The van der Waals surface area contributed by atoms with E-state index in [2.05, 4.69) is 234 Å². The number of rotatable bonds is 3. The number of nitrogens with zero attached hydrogens (tertiary/aromatic N) is 1. The molecule has 2 nitrogen and oxygen atoms in total. The van der Waals surface area contributed by atoms with Gasteiger partial charge < -0.3 is 9.88 Å². The van der Waals surface area contributed by atoms with Crippen LogP contribution in [0.4, 0.5) is 11.4 Å². The van der Waals surface area contributed by atoms with Gasteiger partial charge in [-0.25, -0.2) is 0 Å². The Morgan fingerprint density at radius 2 is 1.14 bits per heavy atom. The largest absolute Gasteiger partial charge is 0.355 e. The number of nitrogens with one attached hydrogen (secondary N) is 1. The Balaban J connectivity index is 1.06. The second kappa shape index (κ2) is 13.9. The Kier molecular flexibility index (Phi) is 8.45. The molecule has 14 rings (SSSR count). The summed E-state index contributed by atoms with van der Waals surface area (Å²) in [6.07, 6.45) is 2.40. The van der Waals surface area contributed by atoms with Crippen molar-refractivity contribution in [3.05, 3.63) is 184 Å². The number of aromatic nitrogens is 1. The zero-order valence-electron chi connectivity index (χ0n) is 43.7. The van der Waals surface area contributed by atoms with Gasteiger partial charge in [0.05, 0.1) is 5.52 Å². The monoisotopic (exact) mass is 920 g/mol. The third kappa shape index (κ3) is 5.78. The van der Waals surface area contributed by atoms with Crippen LogP contribution in [0.25, 0.3) is 72.0 Å². The Morgan fingerprint density at radius 1 is 0.507 bits per heavy atom. The van der Waals surface area contributed by atoms with Gasteiger partial charge in [0, 0.05) is 55.7 Å². The summed E-state index contributed by atoms with van der Waals surface area (Å²) < 4.78 is 2.66. The first kappa shape index (κ1) is 43.2. The Bertz CT molecular complexity index is 3860. The van der Waals surface area contributed by atoms with E-state index < -0.39 is 0 Å². The van der Waals surface area contributed by atoms with Crippen LogP contribution in [0.1, 0.15) is 152 Å². The first-order chi connectivity index (χ1) is 33.7. The van der Waals surface area contributed by atoms with Gasteiger partial charge in [0.1, 0.15) is 0 Å². The zero-order valence-corrected chi connectivity index (χ0v) is 43.7. The second-order valence-electron chi connectivity index (χ2n) is 25.5. The zero-order chi connectivity index (χ0) is 49.1. The van der Waals surface area contributed by atoms with Crippen molar-refractivity contribution in [2.24, 2.45) is 0 Å². The molecular weight excluding hydrogens is 856 g/mol. The van der Waals surface area contributed by atoms with Crippen molar-refractivity contribution < 1.29 is 0 Å². The number of fused-ring (bicyclic) bond motifs is 15. The van der Waals surface area contributed by atoms with Gasteiger partial charge in [0.15, 0.2) is 7.28 Å². The van der Waals surface area contributed by atoms with Gasteiger partial charge in [-0.05, 0) is 172 Å². The molecule has 0 saturated carbocycles. The van der Waals surface area contributed by atoms with Crippen LogP contribution in [0, 0.1) is 0 Å². The van der Waals surface area contributed by atoms with Crippen LogP contribution in [-0.2, 0) is 27.1 Å². The topological polar surface area (TPSA) is 17.0 Å². The third-order valence-electron chi connectivity index (χ3n) is 18.7. The highest BCUT2D eigenvalue weighted by molar-refractivity contribution is 6.73. The summed E-state index contributed by atoms with van der Waals surface area (Å²) in [7, 11) is 2.54. The minimum Gasteiger partial charge on any atom is -0.355 e. The molecule has 0 amide bonds. The maximum Gasteiger partial charge on any atom is 0.197 e. The predicted octanol–water partition coefficient (Wildman–Crippen LogP) is 16.6. The SMILES string of the molecule is CC1c2ccccc2-c2cc3c(cc21)c1ccc(-c2cc4c(cc2Nc2ccc(C(C)(C)C)cc2)C(C)(C)c2cc5c(cc2-4)C(C)(C)CCC5(C)C)c2c1n3-c1cc3c(cc1[B]2)-c1ccccc1C3(C)C. The Hall–Kier alpha value is -6.58. The maximum absolute atomic E-state index is 4.08. The molecule has 1 aromatic heterocycles. The van der Waals surface area contributed by atoms with E-state index in [0.29, 0.717) is 5.92 Å². The smallest absolute Gasteiger partial charge is 0.197 e. The number of hydrogen-bond donors (Lipinski definition) is 1. The average molecular weight is 920 g/mol. The van der Waals surface area contributed by atoms with E-state index >= 15 is 0 Å². The summed E-state index contributed by atoms with van der Waals surface area (Å²) in [5, 5.41) is 6.72. The molecule has 9 aromatic rings. The molecule has 4 aliphatic carbocycles. The summed E-state index contributed by atoms with van der Waals surface area (Å²) in [6.45, 7) is 28.9. The van der Waals surface area contributed by atoms with E-state index in [0.717, 1.165) is 11.4 Å². The molecule has 1 N–H and O–H groups in total. The van der Waals surface area contributed by atoms with Crippen LogP contribution < -0.4 is 16.2 Å². The van der Waals surface area contributed by atoms with E-state index in [1.807, 2.05) is 0 Å². The molecule has 0 spiro atoms. The molecular formula is C68H64BN2. The van der Waals surface area contributed by atoms with Crippen LogP contribution >= 0.6 is 0 Å². The summed E-state index contributed by atoms with van der Waals surface area (Å²) in [5.41, 5.74) is 32.2. The number of anilines is 2. The fourth-order valence-electron chi connectivity index (χ4n) is 14.3. The van der Waals surface area contributed by atoms with Crippen molar-refractivity contribution in [3.8, 4) is 50.2 Å². The van der Waals surface area contributed by atoms with Crippen LogP contribution in [0.15, 0.2) is 133 Å². The molecule has 5 aliphatic rings. The first-order valence-electron chi connectivity index (χ1n) is 26.4. The van der Waals surface area contributed by atoms with Gasteiger partial charge in [-0.3, -0.25) is 0 Å². The molecule has 1 atom stereocenters. The maximum atomic E-state index is 4.08. The van der Waals surface area contributed by atoms with Gasteiger partial charge in [-0.1, -0.05) is 173 Å². The van der Waals surface area contributed by atoms with Gasteiger partial charge in [-0.15, -0.1) is 0 Å². The lowest BCUT2D eigenvalue weighted by Gasteiger charge is -2.42. The normalized spacial score (nSPS) is 18.5. The molecule has 1 radical (unpaired) electrons. The highest BCUT2D eigenvalue weighted by Gasteiger charge is 2.44. The molecule has 0 fully saturated rings. The summed E-state index contributed by atoms with van der Waals surface area (Å²) in [4.78, 5) is 0. The average Bonchev–Trinajstić information content (AvgIpc) is 3.97. The minimum absolute atomic E-state index is 0.0670. The second-order valence-corrected chi connectivity index (χ2v) is 25.5. The highest BCUT2D eigenvalue weighted by Crippen LogP contribution is 2.57. The number of hydrogen-bond acceptors (Lipinski definition) is 1. The Morgan fingerprint density at radius 3 is 1.89 bits per heavy atom. The fraction of sp³-hybridized carbons (Fsp3) is 0.294. The van der Waals surface area contributed by atoms with Crippen molar-refractivity contribution in [2.45, 2.75) is 129 Å². The van der Waals surface area contributed by atoms with Crippen LogP contribution in [0.2, 0.25) is 0 Å². The van der Waals surface area contributed by atoms with Gasteiger partial charge >= 0.3 is 0 Å². The predicted molar refractivity (Wildman–Crippen MR) is 303 cm³/mol. The van der Waals surface area contributed by atoms with E-state index in [9.17, 15) is 0 Å². The van der Waals surface area contributed by atoms with E-state index in [4.69, 9.17) is 0 Å². The summed E-state index contributed by atoms with van der Waals surface area (Å²) >= 11 is 0. The van der Waals surface area contributed by atoms with Crippen LogP contribution in [0.3, 0.4) is 0 Å². The molecule has 1 aliphatic heterocycles. The molecule has 0 saturated heterocycles. The highest BCUT2D eigenvalue weighted by atomic mass is 15.0. The van der Waals surface area contributed by atoms with Crippen molar-refractivity contribution in [3.63, 3.8) is 0 Å². The van der Waals surface area contributed by atoms with Crippen LogP contribution in [0.5, 0.6) is 0 Å². The lowest BCUT2D eigenvalue weighted by atomic mass is 9.58. The molecule has 2 heterocycles. The molecule has 71 heavy (non-hydrogen) atoms. The van der Waals surface area contributed by atoms with Gasteiger partial charge in [0.25, 0.3) is 0 Å². The first-order valence-corrected chi connectivity index (χ1v) is 26.4. The fourth-order valence-corrected chi connectivity index (χ4v) is 14.3. The molecule has 8 aromatic carbocycles. The van der Waals surface area contributed by atoms with E-state index in [-0.39, 0.29) is 27.1 Å². The molecule has 0 bridgehead atoms. The van der Waals surface area contributed by atoms with Gasteiger partial charge in [0.2, 0.25) is 0 Å². The van der Waals surface area contributed by atoms with Crippen LogP contribution in [-0.4, -0.2) is 11.8 Å². The lowest BCUT2D eigenvalue weighted by Crippen LogP contribution is -2.37. The lowest BCUT2D eigenvalue weighted by molar-refractivity contribution is 0.331. The van der Waals surface area contributed by atoms with Crippen molar-refractivity contribution in [1.29, 1.82) is 0 Å². The van der Waals surface area contributed by atoms with E-state index in [1.54, 1.807) is 0 Å².